The smallest absolute Gasteiger partial charge is 0.257 e. The highest BCUT2D eigenvalue weighted by atomic mass is 16.5. The van der Waals surface area contributed by atoms with Crippen molar-refractivity contribution in [1.29, 1.82) is 0 Å². The number of hydrogen-bond donors (Lipinski definition) is 2. The van der Waals surface area contributed by atoms with Crippen LogP contribution in [0.25, 0.3) is 5.65 Å². The topological polar surface area (TPSA) is 93.7 Å². The molecule has 3 heterocycles. The summed E-state index contributed by atoms with van der Waals surface area (Å²) in [6.45, 7) is 0. The summed E-state index contributed by atoms with van der Waals surface area (Å²) in [4.78, 5) is 17.2. The van der Waals surface area contributed by atoms with Gasteiger partial charge in [-0.25, -0.2) is 9.50 Å². The summed E-state index contributed by atoms with van der Waals surface area (Å²) in [5, 5.41) is 17.0. The fourth-order valence-electron chi connectivity index (χ4n) is 3.50. The molecule has 1 atom stereocenters. The quantitative estimate of drug-likeness (QED) is 0.720. The minimum Gasteiger partial charge on any atom is -0.481 e. The van der Waals surface area contributed by atoms with E-state index in [0.717, 1.165) is 11.2 Å². The fourth-order valence-corrected chi connectivity index (χ4v) is 3.50. The zero-order valence-electron chi connectivity index (χ0n) is 14.7. The lowest BCUT2D eigenvalue weighted by Crippen LogP contribution is -2.41. The number of ether oxygens (including phenoxy) is 1. The van der Waals surface area contributed by atoms with Gasteiger partial charge >= 0.3 is 0 Å². The number of aromatic nitrogens is 4. The van der Waals surface area contributed by atoms with E-state index < -0.39 is 0 Å². The van der Waals surface area contributed by atoms with Crippen LogP contribution in [0.2, 0.25) is 0 Å². The molecule has 3 aromatic rings. The molecule has 0 aromatic carbocycles. The molecular formula is C18H21N5O3. The molecule has 0 radical (unpaired) electrons. The number of nitrogens with zero attached hydrogens (tertiary/aromatic N) is 4. The van der Waals surface area contributed by atoms with Gasteiger partial charge < -0.3 is 19.7 Å². The number of imidazole rings is 1. The van der Waals surface area contributed by atoms with Crippen LogP contribution in [-0.2, 0) is 7.05 Å². The van der Waals surface area contributed by atoms with Crippen molar-refractivity contribution >= 4 is 11.6 Å². The first kappa shape index (κ1) is 16.6. The van der Waals surface area contributed by atoms with Crippen molar-refractivity contribution in [1.82, 2.24) is 24.5 Å². The fraction of sp³-hybridized carbons (Fsp3) is 0.389. The molecule has 26 heavy (non-hydrogen) atoms. The minimum absolute atomic E-state index is 0.170. The Labute approximate surface area is 150 Å². The molecule has 1 amide bonds. The number of carbonyl (C=O) groups is 1. The third-order valence-corrected chi connectivity index (χ3v) is 5.01. The molecule has 1 aliphatic rings. The highest BCUT2D eigenvalue weighted by molar-refractivity contribution is 6.00. The molecule has 1 unspecified atom stereocenters. The Kier molecular flexibility index (Phi) is 4.12. The van der Waals surface area contributed by atoms with Gasteiger partial charge in [0.1, 0.15) is 11.2 Å². The lowest BCUT2D eigenvalue weighted by Gasteiger charge is -2.38. The van der Waals surface area contributed by atoms with Crippen LogP contribution in [0.3, 0.4) is 0 Å². The Bertz CT molecular complexity index is 924. The summed E-state index contributed by atoms with van der Waals surface area (Å²) in [6, 6.07) is 3.45. The molecule has 0 bridgehead atoms. The summed E-state index contributed by atoms with van der Waals surface area (Å²) in [5.74, 6) is 0.502. The van der Waals surface area contributed by atoms with Gasteiger partial charge in [-0.2, -0.15) is 5.10 Å². The van der Waals surface area contributed by atoms with E-state index in [9.17, 15) is 9.90 Å². The van der Waals surface area contributed by atoms with Crippen molar-refractivity contribution in [3.05, 3.63) is 48.0 Å². The number of amides is 1. The lowest BCUT2D eigenvalue weighted by molar-refractivity contribution is 0.0234. The molecule has 136 valence electrons. The van der Waals surface area contributed by atoms with Gasteiger partial charge in [-0.05, 0) is 24.3 Å². The third-order valence-electron chi connectivity index (χ3n) is 5.01. The van der Waals surface area contributed by atoms with Crippen molar-refractivity contribution in [2.75, 3.05) is 7.11 Å². The second-order valence-electron chi connectivity index (χ2n) is 6.71. The number of fused-ring (bicyclic) bond motifs is 1. The van der Waals surface area contributed by atoms with Crippen molar-refractivity contribution in [2.45, 2.75) is 25.0 Å². The Morgan fingerprint density at radius 3 is 2.81 bits per heavy atom. The molecule has 0 saturated heterocycles. The number of pyridine rings is 1. The summed E-state index contributed by atoms with van der Waals surface area (Å²) >= 11 is 0. The van der Waals surface area contributed by atoms with Crippen molar-refractivity contribution < 1.29 is 14.6 Å². The van der Waals surface area contributed by atoms with E-state index in [0.29, 0.717) is 24.3 Å². The van der Waals surface area contributed by atoms with Gasteiger partial charge in [-0.1, -0.05) is 6.07 Å². The Morgan fingerprint density at radius 2 is 2.15 bits per heavy atom. The maximum Gasteiger partial charge on any atom is 0.257 e. The Balaban J connectivity index is 1.61. The number of aliphatic hydroxyl groups is 1. The standard InChI is InChI=1S/C18H21N5O3/c1-22-5-6-23-18(22)14(10-20-23)17(25)21-16(12-7-13(24)8-12)11-3-4-15(26-2)19-9-11/h3-6,9-10,12-13,16,24H,7-8H2,1-2H3,(H,21,25). The molecule has 8 nitrogen and oxygen atoms in total. The van der Waals surface area contributed by atoms with Crippen molar-refractivity contribution in [2.24, 2.45) is 13.0 Å². The average molecular weight is 355 g/mol. The van der Waals surface area contributed by atoms with E-state index in [-0.39, 0.29) is 24.0 Å². The van der Waals surface area contributed by atoms with E-state index in [2.05, 4.69) is 15.4 Å². The Morgan fingerprint density at radius 1 is 1.35 bits per heavy atom. The molecule has 1 saturated carbocycles. The van der Waals surface area contributed by atoms with Crippen LogP contribution < -0.4 is 10.1 Å². The van der Waals surface area contributed by atoms with Crippen LogP contribution in [0.1, 0.15) is 34.8 Å². The monoisotopic (exact) mass is 355 g/mol. The highest BCUT2D eigenvalue weighted by Crippen LogP contribution is 2.38. The van der Waals surface area contributed by atoms with Gasteiger partial charge in [-0.15, -0.1) is 0 Å². The summed E-state index contributed by atoms with van der Waals surface area (Å²) < 4.78 is 8.64. The van der Waals surface area contributed by atoms with Gasteiger partial charge in [0.2, 0.25) is 5.88 Å². The second-order valence-corrected chi connectivity index (χ2v) is 6.71. The van der Waals surface area contributed by atoms with E-state index in [4.69, 9.17) is 4.74 Å². The number of carbonyl (C=O) groups excluding carboxylic acids is 1. The largest absolute Gasteiger partial charge is 0.481 e. The first-order valence-electron chi connectivity index (χ1n) is 8.54. The molecule has 1 aliphatic carbocycles. The van der Waals surface area contributed by atoms with Crippen LogP contribution in [0.4, 0.5) is 0 Å². The second kappa shape index (κ2) is 6.45. The maximum absolute atomic E-state index is 12.9. The molecule has 2 N–H and O–H groups in total. The predicted octanol–water partition coefficient (Wildman–Crippen LogP) is 1.32. The van der Waals surface area contributed by atoms with Crippen molar-refractivity contribution in [3.8, 4) is 5.88 Å². The van der Waals surface area contributed by atoms with Gasteiger partial charge in [0.25, 0.3) is 5.91 Å². The zero-order valence-corrected chi connectivity index (χ0v) is 14.7. The maximum atomic E-state index is 12.9. The first-order chi connectivity index (χ1) is 12.6. The normalized spacial score (nSPS) is 20.6. The summed E-state index contributed by atoms with van der Waals surface area (Å²) in [7, 11) is 3.44. The number of hydrogen-bond acceptors (Lipinski definition) is 5. The van der Waals surface area contributed by atoms with Crippen LogP contribution in [0, 0.1) is 5.92 Å². The average Bonchev–Trinajstić information content (AvgIpc) is 3.20. The molecule has 0 aliphatic heterocycles. The first-order valence-corrected chi connectivity index (χ1v) is 8.54. The third kappa shape index (κ3) is 2.82. The minimum atomic E-state index is -0.304. The van der Waals surface area contributed by atoms with Crippen LogP contribution in [0.15, 0.2) is 36.9 Å². The number of aryl methyl sites for hydroxylation is 1. The number of methoxy groups -OCH3 is 1. The Hall–Kier alpha value is -2.87. The molecular weight excluding hydrogens is 334 g/mol. The van der Waals surface area contributed by atoms with Crippen molar-refractivity contribution in [3.63, 3.8) is 0 Å². The molecule has 1 fully saturated rings. The molecule has 4 rings (SSSR count). The van der Waals surface area contributed by atoms with Crippen LogP contribution in [0.5, 0.6) is 5.88 Å². The van der Waals surface area contributed by atoms with E-state index in [1.165, 1.54) is 0 Å². The van der Waals surface area contributed by atoms with Gasteiger partial charge in [0.15, 0.2) is 0 Å². The lowest BCUT2D eigenvalue weighted by atomic mass is 9.75. The van der Waals surface area contributed by atoms with Gasteiger partial charge in [0.05, 0.1) is 25.5 Å². The number of aliphatic hydroxyl groups excluding tert-OH is 1. The zero-order chi connectivity index (χ0) is 18.3. The molecule has 3 aromatic heterocycles. The van der Waals surface area contributed by atoms with E-state index in [1.54, 1.807) is 36.3 Å². The molecule has 8 heteroatoms. The summed E-state index contributed by atoms with van der Waals surface area (Å²) in [5.41, 5.74) is 2.15. The number of rotatable bonds is 5. The number of nitrogens with one attached hydrogen (secondary N) is 1. The summed E-state index contributed by atoms with van der Waals surface area (Å²) in [6.07, 6.45) is 7.95. The van der Waals surface area contributed by atoms with E-state index >= 15 is 0 Å². The predicted molar refractivity (Wildman–Crippen MR) is 93.9 cm³/mol. The molecule has 0 spiro atoms. The van der Waals surface area contributed by atoms with E-state index in [1.807, 2.05) is 23.9 Å². The van der Waals surface area contributed by atoms with Crippen LogP contribution >= 0.6 is 0 Å². The van der Waals surface area contributed by atoms with Gasteiger partial charge in [0, 0.05) is 31.7 Å². The van der Waals surface area contributed by atoms with Crippen LogP contribution in [-0.4, -0.2) is 43.4 Å². The highest BCUT2D eigenvalue weighted by Gasteiger charge is 2.36. The SMILES string of the molecule is COc1ccc(C(NC(=O)c2cnn3ccn(C)c23)C2CC(O)C2)cn1. The van der Waals surface area contributed by atoms with Gasteiger partial charge in [-0.3, -0.25) is 4.79 Å².